The molecule has 2 unspecified atom stereocenters. The van der Waals surface area contributed by atoms with Crippen molar-refractivity contribution in [2.24, 2.45) is 0 Å². The van der Waals surface area contributed by atoms with Gasteiger partial charge in [0.1, 0.15) is 10.8 Å². The van der Waals surface area contributed by atoms with E-state index in [1.54, 1.807) is 12.2 Å². The number of Topliss-reactive ketones (excluding diaryl/α,β-unsaturated/α-hetero) is 1. The van der Waals surface area contributed by atoms with E-state index in [9.17, 15) is 14.7 Å². The Morgan fingerprint density at radius 2 is 2.03 bits per heavy atom. The molecule has 2 atom stereocenters. The Kier molecular flexibility index (Phi) is 8.26. The summed E-state index contributed by atoms with van der Waals surface area (Å²) in [7, 11) is 0. The first kappa shape index (κ1) is 26.1. The zero-order valence-corrected chi connectivity index (χ0v) is 21.8. The number of benzene rings is 1. The quantitative estimate of drug-likeness (QED) is 0.279. The van der Waals surface area contributed by atoms with Gasteiger partial charge in [0.2, 0.25) is 5.91 Å². The molecule has 3 heterocycles. The molecule has 8 heteroatoms. The number of hydrogen-bond donors (Lipinski definition) is 2. The minimum atomic E-state index is -1.07. The smallest absolute Gasteiger partial charge is 0.242 e. The summed E-state index contributed by atoms with van der Waals surface area (Å²) in [5.41, 5.74) is 2.98. The Morgan fingerprint density at radius 1 is 1.25 bits per heavy atom. The third-order valence-corrected chi connectivity index (χ3v) is 8.25. The lowest BCUT2D eigenvalue weighted by Crippen LogP contribution is -2.58. The average Bonchev–Trinajstić information content (AvgIpc) is 3.41. The number of carbonyl (C=O) groups is 2. The van der Waals surface area contributed by atoms with Gasteiger partial charge in [-0.2, -0.15) is 11.3 Å². The molecule has 0 saturated carbocycles. The Labute approximate surface area is 223 Å². The van der Waals surface area contributed by atoms with Crippen molar-refractivity contribution in [1.82, 2.24) is 10.3 Å². The number of aliphatic hydroxyl groups is 1. The lowest BCUT2D eigenvalue weighted by molar-refractivity contribution is -0.133. The predicted molar refractivity (Wildman–Crippen MR) is 147 cm³/mol. The van der Waals surface area contributed by atoms with Gasteiger partial charge in [-0.05, 0) is 51.7 Å². The highest BCUT2D eigenvalue weighted by atomic mass is 35.5. The molecule has 2 aromatic heterocycles. The number of allylic oxidation sites excluding steroid dienone is 3. The number of halogens is 1. The van der Waals surface area contributed by atoms with Crippen molar-refractivity contribution >= 4 is 46.4 Å². The number of carbonyl (C=O) groups excluding carboxylic acids is 2. The maximum absolute atomic E-state index is 13.4. The van der Waals surface area contributed by atoms with Gasteiger partial charge in [0.05, 0.1) is 12.3 Å². The second-order valence-corrected chi connectivity index (χ2v) is 10.8. The van der Waals surface area contributed by atoms with E-state index >= 15 is 0 Å². The van der Waals surface area contributed by atoms with E-state index in [-0.39, 0.29) is 23.8 Å². The van der Waals surface area contributed by atoms with E-state index in [0.717, 1.165) is 34.1 Å². The van der Waals surface area contributed by atoms with Crippen LogP contribution in [0.25, 0.3) is 0 Å². The number of rotatable bonds is 9. The molecule has 184 valence electrons. The lowest BCUT2D eigenvalue weighted by Gasteiger charge is -2.39. The van der Waals surface area contributed by atoms with Crippen LogP contribution >= 0.6 is 34.7 Å². The summed E-state index contributed by atoms with van der Waals surface area (Å²) in [5.74, 6) is -0.621. The lowest BCUT2D eigenvalue weighted by atomic mass is 9.79. The molecule has 2 N–H and O–H groups in total. The number of ketones is 1. The van der Waals surface area contributed by atoms with Gasteiger partial charge in [-0.25, -0.2) is 0 Å². The number of nitrogens with one attached hydrogen (secondary N) is 1. The number of thiophene rings is 1. The first-order valence-electron chi connectivity index (χ1n) is 11.2. The van der Waals surface area contributed by atoms with Gasteiger partial charge in [0, 0.05) is 28.5 Å². The van der Waals surface area contributed by atoms with Gasteiger partial charge in [-0.15, -0.1) is 11.8 Å². The number of thioether (sulfide) groups is 1. The van der Waals surface area contributed by atoms with Crippen LogP contribution in [0, 0.1) is 0 Å². The maximum atomic E-state index is 13.4. The van der Waals surface area contributed by atoms with Gasteiger partial charge >= 0.3 is 0 Å². The Hall–Kier alpha value is -2.97. The number of aliphatic hydroxyl groups excluding tert-OH is 1. The van der Waals surface area contributed by atoms with Crippen molar-refractivity contribution in [2.45, 2.75) is 30.2 Å². The predicted octanol–water partition coefficient (Wildman–Crippen LogP) is 5.48. The summed E-state index contributed by atoms with van der Waals surface area (Å²) in [6.07, 6.45) is 3.79. The minimum absolute atomic E-state index is 0.0311. The molecule has 1 saturated heterocycles. The van der Waals surface area contributed by atoms with Crippen LogP contribution in [0.15, 0.2) is 94.5 Å². The number of hydrogen-bond acceptors (Lipinski definition) is 6. The second-order valence-electron chi connectivity index (χ2n) is 8.39. The van der Waals surface area contributed by atoms with E-state index < -0.39 is 16.7 Å². The Balaban J connectivity index is 1.68. The van der Waals surface area contributed by atoms with Gasteiger partial charge in [0.25, 0.3) is 0 Å². The molecule has 1 fully saturated rings. The van der Waals surface area contributed by atoms with E-state index in [2.05, 4.69) is 18.5 Å². The van der Waals surface area contributed by atoms with Crippen LogP contribution in [0.1, 0.15) is 34.5 Å². The normalized spacial score (nSPS) is 20.2. The van der Waals surface area contributed by atoms with Gasteiger partial charge in [-0.1, -0.05) is 61.2 Å². The van der Waals surface area contributed by atoms with Crippen LogP contribution in [0.5, 0.6) is 0 Å². The first-order valence-corrected chi connectivity index (χ1v) is 13.4. The van der Waals surface area contributed by atoms with E-state index in [0.29, 0.717) is 17.0 Å². The molecule has 1 amide bonds. The van der Waals surface area contributed by atoms with Gasteiger partial charge in [0.15, 0.2) is 5.78 Å². The Morgan fingerprint density at radius 3 is 2.69 bits per heavy atom. The summed E-state index contributed by atoms with van der Waals surface area (Å²) in [6, 6.07) is 15.3. The molecule has 3 aromatic rings. The molecule has 0 spiro atoms. The van der Waals surface area contributed by atoms with Crippen molar-refractivity contribution in [2.75, 3.05) is 0 Å². The van der Waals surface area contributed by atoms with Crippen molar-refractivity contribution in [3.05, 3.63) is 123 Å². The number of amides is 1. The summed E-state index contributed by atoms with van der Waals surface area (Å²) in [5, 5.41) is 15.7. The molecule has 1 aliphatic heterocycles. The van der Waals surface area contributed by atoms with Crippen molar-refractivity contribution in [3.63, 3.8) is 0 Å². The molecule has 36 heavy (non-hydrogen) atoms. The first-order chi connectivity index (χ1) is 17.4. The zero-order valence-electron chi connectivity index (χ0n) is 19.4. The van der Waals surface area contributed by atoms with Crippen LogP contribution in [-0.4, -0.2) is 27.0 Å². The van der Waals surface area contributed by atoms with Crippen LogP contribution < -0.4 is 5.32 Å². The van der Waals surface area contributed by atoms with E-state index in [1.165, 1.54) is 11.3 Å². The minimum Gasteiger partial charge on any atom is -0.392 e. The number of pyridine rings is 1. The zero-order chi connectivity index (χ0) is 25.7. The number of nitrogens with zero attached hydrogens (tertiary/aromatic N) is 1. The van der Waals surface area contributed by atoms with Gasteiger partial charge < -0.3 is 10.4 Å². The van der Waals surface area contributed by atoms with E-state index in [4.69, 9.17) is 16.6 Å². The third kappa shape index (κ3) is 5.55. The highest BCUT2D eigenvalue weighted by Gasteiger charge is 2.48. The second kappa shape index (κ2) is 11.4. The average molecular weight is 537 g/mol. The SMILES string of the molecule is C=C/C=C(/SC1C(=O)CC(c2ccsc2)(c2cccc(Cc3cccc(CO)c3)n2)NC1=O)C(=C)Cl. The fourth-order valence-corrected chi connectivity index (χ4v) is 6.08. The molecule has 4 rings (SSSR count). The van der Waals surface area contributed by atoms with Crippen LogP contribution in [0.4, 0.5) is 0 Å². The van der Waals surface area contributed by atoms with E-state index in [1.807, 2.05) is 59.3 Å². The third-order valence-electron chi connectivity index (χ3n) is 5.91. The molecule has 0 radical (unpaired) electrons. The van der Waals surface area contributed by atoms with Gasteiger partial charge in [-0.3, -0.25) is 14.6 Å². The maximum Gasteiger partial charge on any atom is 0.242 e. The molecule has 1 aromatic carbocycles. The number of aromatic nitrogens is 1. The fraction of sp³-hybridized carbons (Fsp3) is 0.179. The number of piperidine rings is 1. The highest BCUT2D eigenvalue weighted by Crippen LogP contribution is 2.41. The van der Waals surface area contributed by atoms with Crippen molar-refractivity contribution < 1.29 is 14.7 Å². The van der Waals surface area contributed by atoms with Crippen LogP contribution in [-0.2, 0) is 28.2 Å². The molecular weight excluding hydrogens is 512 g/mol. The molecule has 1 aliphatic rings. The Bertz CT molecular complexity index is 1320. The molecular formula is C28H25ClN2O3S2. The van der Waals surface area contributed by atoms with Crippen molar-refractivity contribution in [3.8, 4) is 0 Å². The van der Waals surface area contributed by atoms with Crippen LogP contribution in [0.2, 0.25) is 0 Å². The highest BCUT2D eigenvalue weighted by molar-refractivity contribution is 8.05. The monoisotopic (exact) mass is 536 g/mol. The molecule has 5 nitrogen and oxygen atoms in total. The fourth-order valence-electron chi connectivity index (χ4n) is 4.21. The topological polar surface area (TPSA) is 79.3 Å². The summed E-state index contributed by atoms with van der Waals surface area (Å²) in [4.78, 5) is 32.2. The molecule has 0 aliphatic carbocycles. The molecule has 0 bridgehead atoms. The van der Waals surface area contributed by atoms with Crippen molar-refractivity contribution in [1.29, 1.82) is 0 Å². The standard InChI is InChI=1S/C28H25ClN2O3S2/c1-3-6-24(18(2)29)36-26-23(33)15-28(31-27(26)34,21-11-12-35-17-21)25-10-5-9-22(30-25)14-19-7-4-8-20(13-19)16-32/h3-13,17,26,32H,1-2,14-16H2,(H,31,34)/b24-6+. The largest absolute Gasteiger partial charge is 0.392 e. The van der Waals surface area contributed by atoms with Crippen LogP contribution in [0.3, 0.4) is 0 Å². The summed E-state index contributed by atoms with van der Waals surface area (Å²) >= 11 is 8.64. The summed E-state index contributed by atoms with van der Waals surface area (Å²) in [6.45, 7) is 7.36. The summed E-state index contributed by atoms with van der Waals surface area (Å²) < 4.78 is 0.